The summed E-state index contributed by atoms with van der Waals surface area (Å²) in [5.41, 5.74) is -0.164. The molecule has 0 saturated carbocycles. The maximum atomic E-state index is 10.2. The van der Waals surface area contributed by atoms with Gasteiger partial charge < -0.3 is 4.98 Å². The van der Waals surface area contributed by atoms with Gasteiger partial charge in [0, 0.05) is 12.4 Å². The number of hydrogen-bond acceptors (Lipinski definition) is 2. The van der Waals surface area contributed by atoms with Crippen LogP contribution in [0.2, 0.25) is 0 Å². The van der Waals surface area contributed by atoms with Gasteiger partial charge in [0.05, 0.1) is 6.20 Å². The van der Waals surface area contributed by atoms with Crippen LogP contribution in [0, 0.1) is 0 Å². The Morgan fingerprint density at radius 2 is 2.38 bits per heavy atom. The predicted molar refractivity (Wildman–Crippen MR) is 32.1 cm³/mol. The summed E-state index contributed by atoms with van der Waals surface area (Å²) >= 11 is 0. The third kappa shape index (κ3) is 1.75. The van der Waals surface area contributed by atoms with Crippen LogP contribution >= 0.6 is 12.4 Å². The largest absolute Gasteiger partial charge is 0.326 e. The van der Waals surface area contributed by atoms with Gasteiger partial charge in [0.2, 0.25) is 0 Å². The van der Waals surface area contributed by atoms with Crippen molar-refractivity contribution >= 4 is 12.4 Å². The first-order valence-electron chi connectivity index (χ1n) is 1.88. The van der Waals surface area contributed by atoms with Crippen LogP contribution in [0.25, 0.3) is 0 Å². The number of H-pyrrole nitrogens is 1. The topological polar surface area (TPSA) is 45.8 Å². The number of aromatic nitrogens is 2. The third-order valence-electron chi connectivity index (χ3n) is 0.578. The molecule has 0 amide bonds. The summed E-state index contributed by atoms with van der Waals surface area (Å²) < 4.78 is 0. The van der Waals surface area contributed by atoms with Crippen molar-refractivity contribution in [2.24, 2.45) is 0 Å². The van der Waals surface area contributed by atoms with E-state index in [1.807, 2.05) is 0 Å². The fraction of sp³-hybridized carbons (Fsp3) is 0. The van der Waals surface area contributed by atoms with E-state index in [0.717, 1.165) is 0 Å². The van der Waals surface area contributed by atoms with E-state index >= 15 is 0 Å². The molecule has 0 spiro atoms. The van der Waals surface area contributed by atoms with Crippen LogP contribution in [0.15, 0.2) is 23.4 Å². The lowest BCUT2D eigenvalue weighted by Crippen LogP contribution is -2.01. The highest BCUT2D eigenvalue weighted by molar-refractivity contribution is 5.85. The highest BCUT2D eigenvalue weighted by Gasteiger charge is 1.70. The molecule has 1 aromatic heterocycles. The number of aromatic amines is 1. The van der Waals surface area contributed by atoms with Gasteiger partial charge in [-0.05, 0) is 0 Å². The maximum Gasteiger partial charge on any atom is 0.266 e. The van der Waals surface area contributed by atoms with E-state index in [1.54, 1.807) is 0 Å². The molecular formula is C4H5ClN2O. The van der Waals surface area contributed by atoms with Gasteiger partial charge in [-0.1, -0.05) is 0 Å². The molecule has 1 N–H and O–H groups in total. The third-order valence-corrected chi connectivity index (χ3v) is 0.578. The van der Waals surface area contributed by atoms with Crippen LogP contribution in [0.4, 0.5) is 0 Å². The molecule has 3 nitrogen and oxygen atoms in total. The van der Waals surface area contributed by atoms with E-state index in [9.17, 15) is 4.79 Å². The molecule has 0 aliphatic carbocycles. The van der Waals surface area contributed by atoms with E-state index in [4.69, 9.17) is 0 Å². The maximum absolute atomic E-state index is 10.2. The Morgan fingerprint density at radius 1 is 1.62 bits per heavy atom. The number of rotatable bonds is 0. The van der Waals surface area contributed by atoms with Crippen molar-refractivity contribution in [1.29, 1.82) is 0 Å². The van der Waals surface area contributed by atoms with Gasteiger partial charge in [-0.2, -0.15) is 0 Å². The normalized spacial score (nSPS) is 7.50. The van der Waals surface area contributed by atoms with Gasteiger partial charge in [-0.3, -0.25) is 9.78 Å². The van der Waals surface area contributed by atoms with Crippen molar-refractivity contribution in [3.05, 3.63) is 28.9 Å². The minimum absolute atomic E-state index is 0. The first kappa shape index (κ1) is 7.17. The molecule has 8 heavy (non-hydrogen) atoms. The summed E-state index contributed by atoms with van der Waals surface area (Å²) in [6.07, 6.45) is 4.23. The van der Waals surface area contributed by atoms with Crippen LogP contribution in [0.1, 0.15) is 0 Å². The Bertz CT molecular complexity index is 180. The molecule has 4 heteroatoms. The number of hydrogen-bond donors (Lipinski definition) is 1. The summed E-state index contributed by atoms with van der Waals surface area (Å²) in [5.74, 6) is 0. The van der Waals surface area contributed by atoms with Crippen LogP contribution in [0.5, 0.6) is 0 Å². The Labute approximate surface area is 52.2 Å². The molecule has 0 fully saturated rings. The molecule has 1 aromatic rings. The summed E-state index contributed by atoms with van der Waals surface area (Å²) in [7, 11) is 0. The van der Waals surface area contributed by atoms with Gasteiger partial charge in [0.1, 0.15) is 0 Å². The monoisotopic (exact) mass is 132 g/mol. The molecule has 0 aliphatic rings. The number of halogens is 1. The highest BCUT2D eigenvalue weighted by Crippen LogP contribution is 1.57. The van der Waals surface area contributed by atoms with Gasteiger partial charge in [-0.25, -0.2) is 0 Å². The van der Waals surface area contributed by atoms with Gasteiger partial charge >= 0.3 is 0 Å². The fourth-order valence-corrected chi connectivity index (χ4v) is 0.310. The van der Waals surface area contributed by atoms with Crippen molar-refractivity contribution < 1.29 is 0 Å². The average Bonchev–Trinajstić information content (AvgIpc) is 1.69. The van der Waals surface area contributed by atoms with Crippen LogP contribution in [-0.4, -0.2) is 9.97 Å². The minimum atomic E-state index is -0.164. The van der Waals surface area contributed by atoms with Crippen LogP contribution < -0.4 is 5.56 Å². The Hall–Kier alpha value is -0.830. The van der Waals surface area contributed by atoms with Crippen LogP contribution in [-0.2, 0) is 0 Å². The highest BCUT2D eigenvalue weighted by atomic mass is 35.5. The minimum Gasteiger partial charge on any atom is -0.326 e. The molecule has 1 rings (SSSR count). The molecule has 0 atom stereocenters. The average molecular weight is 133 g/mol. The predicted octanol–water partition coefficient (Wildman–Crippen LogP) is 0.192. The Morgan fingerprint density at radius 3 is 2.62 bits per heavy atom. The first-order chi connectivity index (χ1) is 3.39. The quantitative estimate of drug-likeness (QED) is 0.548. The summed E-state index contributed by atoms with van der Waals surface area (Å²) in [4.78, 5) is 16.1. The van der Waals surface area contributed by atoms with Gasteiger partial charge in [-0.15, -0.1) is 12.4 Å². The SMILES string of the molecule is Cl.O=c1cncc[nH]1. The van der Waals surface area contributed by atoms with E-state index in [1.165, 1.54) is 18.6 Å². The molecule has 0 saturated heterocycles. The van der Waals surface area contributed by atoms with Crippen LogP contribution in [0.3, 0.4) is 0 Å². The van der Waals surface area contributed by atoms with E-state index in [-0.39, 0.29) is 18.0 Å². The second kappa shape index (κ2) is 3.21. The molecule has 0 unspecified atom stereocenters. The smallest absolute Gasteiger partial charge is 0.266 e. The lowest BCUT2D eigenvalue weighted by molar-refractivity contribution is 1.14. The summed E-state index contributed by atoms with van der Waals surface area (Å²) in [5, 5.41) is 0. The van der Waals surface area contributed by atoms with E-state index < -0.39 is 0 Å². The van der Waals surface area contributed by atoms with Crippen molar-refractivity contribution in [3.8, 4) is 0 Å². The lowest BCUT2D eigenvalue weighted by atomic mass is 10.8. The zero-order valence-corrected chi connectivity index (χ0v) is 4.81. The molecule has 0 radical (unpaired) electrons. The molecule has 0 aromatic carbocycles. The van der Waals surface area contributed by atoms with Gasteiger partial charge in [0.25, 0.3) is 5.56 Å². The first-order valence-corrected chi connectivity index (χ1v) is 1.88. The zero-order chi connectivity index (χ0) is 5.11. The van der Waals surface area contributed by atoms with Crippen molar-refractivity contribution in [3.63, 3.8) is 0 Å². The molecule has 0 bridgehead atoms. The zero-order valence-electron chi connectivity index (χ0n) is 4.00. The molecule has 1 heterocycles. The second-order valence-electron chi connectivity index (χ2n) is 1.10. The Balaban J connectivity index is 0.000000490. The second-order valence-corrected chi connectivity index (χ2v) is 1.10. The van der Waals surface area contributed by atoms with Crippen molar-refractivity contribution in [1.82, 2.24) is 9.97 Å². The lowest BCUT2D eigenvalue weighted by Gasteiger charge is -1.73. The van der Waals surface area contributed by atoms with Crippen molar-refractivity contribution in [2.75, 3.05) is 0 Å². The van der Waals surface area contributed by atoms with Crippen molar-refractivity contribution in [2.45, 2.75) is 0 Å². The summed E-state index contributed by atoms with van der Waals surface area (Å²) in [6.45, 7) is 0. The molecule has 0 aliphatic heterocycles. The molecule has 44 valence electrons. The Kier molecular flexibility index (Phi) is 2.88. The summed E-state index contributed by atoms with van der Waals surface area (Å²) in [6, 6.07) is 0. The fourth-order valence-electron chi connectivity index (χ4n) is 0.310. The molecular weight excluding hydrogens is 128 g/mol. The van der Waals surface area contributed by atoms with E-state index in [0.29, 0.717) is 0 Å². The van der Waals surface area contributed by atoms with E-state index in [2.05, 4.69) is 9.97 Å². The van der Waals surface area contributed by atoms with Gasteiger partial charge in [0.15, 0.2) is 0 Å². The number of nitrogens with one attached hydrogen (secondary N) is 1. The number of nitrogens with zero attached hydrogens (tertiary/aromatic N) is 1. The standard InChI is InChI=1S/C4H4N2O.ClH/c7-4-3-5-1-2-6-4;/h1-3H,(H,6,7);1H.